The minimum absolute atomic E-state index is 0.0768. The van der Waals surface area contributed by atoms with Crippen LogP contribution >= 0.6 is 12.2 Å². The van der Waals surface area contributed by atoms with Gasteiger partial charge in [0.25, 0.3) is 5.91 Å². The average molecular weight is 532 g/mol. The first-order chi connectivity index (χ1) is 17.6. The number of piperazine rings is 1. The third kappa shape index (κ3) is 6.95. The van der Waals surface area contributed by atoms with Gasteiger partial charge in [-0.05, 0) is 73.9 Å². The summed E-state index contributed by atoms with van der Waals surface area (Å²) in [7, 11) is 1.98. The molecule has 3 N–H and O–H groups in total. The van der Waals surface area contributed by atoms with Gasteiger partial charge < -0.3 is 25.8 Å². The number of hydrogen-bond donors (Lipinski definition) is 3. The highest BCUT2D eigenvalue weighted by Crippen LogP contribution is 2.35. The van der Waals surface area contributed by atoms with Crippen LogP contribution in [0.25, 0.3) is 0 Å². The summed E-state index contributed by atoms with van der Waals surface area (Å²) in [5.41, 5.74) is 0.842. The molecule has 3 aromatic carbocycles. The lowest BCUT2D eigenvalue weighted by Crippen LogP contribution is -2.44. The molecular formula is C26H25F4N5OS. The van der Waals surface area contributed by atoms with Crippen molar-refractivity contribution >= 4 is 46.0 Å². The molecule has 1 saturated heterocycles. The van der Waals surface area contributed by atoms with E-state index >= 15 is 0 Å². The maximum Gasteiger partial charge on any atom is 0.416 e. The molecule has 0 aromatic heterocycles. The van der Waals surface area contributed by atoms with Crippen molar-refractivity contribution in [2.24, 2.45) is 0 Å². The lowest BCUT2D eigenvalue weighted by Gasteiger charge is -2.34. The van der Waals surface area contributed by atoms with Gasteiger partial charge in [0.05, 0.1) is 11.1 Å². The maximum absolute atomic E-state index is 13.8. The number of hydrogen-bond acceptors (Lipinski definition) is 4. The van der Waals surface area contributed by atoms with Crippen molar-refractivity contribution in [2.45, 2.75) is 6.18 Å². The normalized spacial score (nSPS) is 14.2. The van der Waals surface area contributed by atoms with Crippen LogP contribution in [0.15, 0.2) is 66.7 Å². The van der Waals surface area contributed by atoms with Gasteiger partial charge in [-0.1, -0.05) is 12.1 Å². The molecule has 1 aliphatic rings. The van der Waals surface area contributed by atoms with Crippen LogP contribution in [0, 0.1) is 5.82 Å². The number of anilines is 4. The van der Waals surface area contributed by atoms with Gasteiger partial charge in [0.15, 0.2) is 5.11 Å². The summed E-state index contributed by atoms with van der Waals surface area (Å²) < 4.78 is 54.5. The molecule has 11 heteroatoms. The van der Waals surface area contributed by atoms with Gasteiger partial charge in [-0.2, -0.15) is 13.2 Å². The van der Waals surface area contributed by atoms with Gasteiger partial charge >= 0.3 is 6.18 Å². The SMILES string of the molecule is CN1CCN(c2cc(NC(=S)Nc3ccc(NC(=O)c4ccccc4F)cc3)cc(C(F)(F)F)c2)CC1. The predicted molar refractivity (Wildman–Crippen MR) is 142 cm³/mol. The zero-order valence-corrected chi connectivity index (χ0v) is 20.7. The van der Waals surface area contributed by atoms with Crippen LogP contribution in [0.3, 0.4) is 0 Å². The number of benzene rings is 3. The highest BCUT2D eigenvalue weighted by Gasteiger charge is 2.32. The molecule has 1 aliphatic heterocycles. The Morgan fingerprint density at radius 3 is 2.05 bits per heavy atom. The highest BCUT2D eigenvalue weighted by molar-refractivity contribution is 7.80. The fraction of sp³-hybridized carbons (Fsp3) is 0.231. The molecule has 3 aromatic rings. The molecule has 6 nitrogen and oxygen atoms in total. The van der Waals surface area contributed by atoms with E-state index in [0.29, 0.717) is 30.2 Å². The molecule has 0 atom stereocenters. The number of likely N-dealkylation sites (N-methyl/N-ethyl adjacent to an activating group) is 1. The van der Waals surface area contributed by atoms with Crippen molar-refractivity contribution in [3.8, 4) is 0 Å². The van der Waals surface area contributed by atoms with E-state index < -0.39 is 23.5 Å². The molecule has 0 bridgehead atoms. The molecule has 0 aliphatic carbocycles. The van der Waals surface area contributed by atoms with Crippen LogP contribution in [-0.2, 0) is 6.18 Å². The van der Waals surface area contributed by atoms with Gasteiger partial charge in [0.1, 0.15) is 5.82 Å². The Hall–Kier alpha value is -3.70. The highest BCUT2D eigenvalue weighted by atomic mass is 32.1. The molecule has 0 unspecified atom stereocenters. The summed E-state index contributed by atoms with van der Waals surface area (Å²) in [5, 5.41) is 8.47. The van der Waals surface area contributed by atoms with Gasteiger partial charge in [-0.25, -0.2) is 4.39 Å². The number of amides is 1. The Labute approximate surface area is 217 Å². The second kappa shape index (κ2) is 11.1. The van der Waals surface area contributed by atoms with E-state index in [1.807, 2.05) is 11.9 Å². The van der Waals surface area contributed by atoms with Gasteiger partial charge in [-0.3, -0.25) is 4.79 Å². The first kappa shape index (κ1) is 26.4. The minimum Gasteiger partial charge on any atom is -0.369 e. The number of carbonyl (C=O) groups is 1. The number of halogens is 4. The molecule has 194 valence electrons. The predicted octanol–water partition coefficient (Wildman–Crippen LogP) is 5.66. The molecule has 4 rings (SSSR count). The van der Waals surface area contributed by atoms with Crippen molar-refractivity contribution in [2.75, 3.05) is 54.1 Å². The van der Waals surface area contributed by atoms with Gasteiger partial charge in [0, 0.05) is 48.9 Å². The lowest BCUT2D eigenvalue weighted by molar-refractivity contribution is -0.137. The molecule has 1 fully saturated rings. The second-order valence-electron chi connectivity index (χ2n) is 8.65. The van der Waals surface area contributed by atoms with E-state index in [9.17, 15) is 22.4 Å². The molecular weight excluding hydrogens is 506 g/mol. The van der Waals surface area contributed by atoms with Crippen LogP contribution in [0.5, 0.6) is 0 Å². The van der Waals surface area contributed by atoms with E-state index in [1.54, 1.807) is 36.4 Å². The average Bonchev–Trinajstić information content (AvgIpc) is 2.85. The topological polar surface area (TPSA) is 59.6 Å². The van der Waals surface area contributed by atoms with Crippen molar-refractivity contribution < 1.29 is 22.4 Å². The van der Waals surface area contributed by atoms with E-state index in [0.717, 1.165) is 25.2 Å². The van der Waals surface area contributed by atoms with Crippen molar-refractivity contribution in [3.63, 3.8) is 0 Å². The first-order valence-corrected chi connectivity index (χ1v) is 11.9. The van der Waals surface area contributed by atoms with Gasteiger partial charge in [0.2, 0.25) is 0 Å². The number of alkyl halides is 3. The van der Waals surface area contributed by atoms with Crippen LogP contribution in [0.4, 0.5) is 40.3 Å². The van der Waals surface area contributed by atoms with Crippen LogP contribution in [0.2, 0.25) is 0 Å². The fourth-order valence-corrected chi connectivity index (χ4v) is 4.10. The standard InChI is InChI=1S/C26H25F4N5OS/c1-34-10-12-35(13-11-34)21-15-17(26(28,29)30)14-20(16-21)33-25(37)32-19-8-6-18(7-9-19)31-24(36)22-4-2-3-5-23(22)27/h2-9,14-16H,10-13H2,1H3,(H,31,36)(H2,32,33,37). The number of nitrogens with one attached hydrogen (secondary N) is 3. The van der Waals surface area contributed by atoms with Gasteiger partial charge in [-0.15, -0.1) is 0 Å². The monoisotopic (exact) mass is 531 g/mol. The zero-order valence-electron chi connectivity index (χ0n) is 19.9. The summed E-state index contributed by atoms with van der Waals surface area (Å²) in [6.45, 7) is 2.77. The van der Waals surface area contributed by atoms with Crippen LogP contribution in [-0.4, -0.2) is 49.1 Å². The molecule has 0 saturated carbocycles. The summed E-state index contributed by atoms with van der Waals surface area (Å²) in [4.78, 5) is 16.3. The van der Waals surface area contributed by atoms with E-state index in [-0.39, 0.29) is 16.4 Å². The minimum atomic E-state index is -4.50. The Balaban J connectivity index is 1.42. The van der Waals surface area contributed by atoms with E-state index in [2.05, 4.69) is 20.9 Å². The summed E-state index contributed by atoms with van der Waals surface area (Å²) >= 11 is 5.32. The molecule has 0 spiro atoms. The third-order valence-electron chi connectivity index (χ3n) is 5.89. The molecule has 1 amide bonds. The number of carbonyl (C=O) groups excluding carboxylic acids is 1. The van der Waals surface area contributed by atoms with Crippen molar-refractivity contribution in [1.29, 1.82) is 0 Å². The quantitative estimate of drug-likeness (QED) is 0.292. The fourth-order valence-electron chi connectivity index (χ4n) is 3.87. The third-order valence-corrected chi connectivity index (χ3v) is 6.09. The van der Waals surface area contributed by atoms with Crippen molar-refractivity contribution in [1.82, 2.24) is 4.90 Å². The Morgan fingerprint density at radius 2 is 1.43 bits per heavy atom. The van der Waals surface area contributed by atoms with E-state index in [4.69, 9.17) is 12.2 Å². The first-order valence-electron chi connectivity index (χ1n) is 11.5. The number of nitrogens with zero attached hydrogens (tertiary/aromatic N) is 2. The van der Waals surface area contributed by atoms with Crippen molar-refractivity contribution in [3.05, 3.63) is 83.7 Å². The number of rotatable bonds is 5. The molecule has 1 heterocycles. The smallest absolute Gasteiger partial charge is 0.369 e. The summed E-state index contributed by atoms with van der Waals surface area (Å²) in [5.74, 6) is -1.21. The lowest BCUT2D eigenvalue weighted by atomic mass is 10.1. The van der Waals surface area contributed by atoms with Crippen LogP contribution in [0.1, 0.15) is 15.9 Å². The van der Waals surface area contributed by atoms with E-state index in [1.165, 1.54) is 18.2 Å². The molecule has 0 radical (unpaired) electrons. The Kier molecular flexibility index (Phi) is 7.94. The van der Waals surface area contributed by atoms with Crippen LogP contribution < -0.4 is 20.9 Å². The zero-order chi connectivity index (χ0) is 26.6. The Bertz CT molecular complexity index is 1270. The second-order valence-corrected chi connectivity index (χ2v) is 9.06. The summed E-state index contributed by atoms with van der Waals surface area (Å²) in [6, 6.07) is 15.9. The largest absolute Gasteiger partial charge is 0.416 e. The Morgan fingerprint density at radius 1 is 0.838 bits per heavy atom. The summed E-state index contributed by atoms with van der Waals surface area (Å²) in [6.07, 6.45) is -4.50. The maximum atomic E-state index is 13.8. The molecule has 37 heavy (non-hydrogen) atoms. The number of thiocarbonyl (C=S) groups is 1.